The van der Waals surface area contributed by atoms with Crippen molar-refractivity contribution in [2.75, 3.05) is 14.2 Å². The second-order valence-electron chi connectivity index (χ2n) is 3.96. The Labute approximate surface area is 110 Å². The first-order valence-electron chi connectivity index (χ1n) is 5.79. The summed E-state index contributed by atoms with van der Waals surface area (Å²) in [6.07, 6.45) is 3.13. The Morgan fingerprint density at radius 3 is 2.95 bits per heavy atom. The van der Waals surface area contributed by atoms with Crippen LogP contribution in [0.25, 0.3) is 5.82 Å². The van der Waals surface area contributed by atoms with Gasteiger partial charge in [-0.25, -0.2) is 19.4 Å². The molecule has 2 aromatic rings. The molecule has 100 valence electrons. The predicted molar refractivity (Wildman–Crippen MR) is 68.0 cm³/mol. The van der Waals surface area contributed by atoms with Crippen LogP contribution in [0.2, 0.25) is 0 Å². The zero-order chi connectivity index (χ0) is 13.8. The molecule has 7 nitrogen and oxygen atoms in total. The van der Waals surface area contributed by atoms with E-state index in [9.17, 15) is 4.79 Å². The van der Waals surface area contributed by atoms with Gasteiger partial charge in [-0.3, -0.25) is 0 Å². The molecule has 0 aromatic carbocycles. The van der Waals surface area contributed by atoms with Gasteiger partial charge in [-0.05, 0) is 31.7 Å². The smallest absolute Gasteiger partial charge is 0.377 e. The molecule has 19 heavy (non-hydrogen) atoms. The maximum atomic E-state index is 11.3. The highest BCUT2D eigenvalue weighted by molar-refractivity contribution is 5.84. The molecular formula is C12H15N5O2. The van der Waals surface area contributed by atoms with E-state index in [1.54, 1.807) is 6.20 Å². The number of aromatic nitrogens is 4. The van der Waals surface area contributed by atoms with E-state index in [1.807, 2.05) is 26.1 Å². The Morgan fingerprint density at radius 2 is 2.26 bits per heavy atom. The normalized spacial score (nSPS) is 12.2. The molecule has 0 saturated heterocycles. The summed E-state index contributed by atoms with van der Waals surface area (Å²) in [5.74, 6) is 0.0390. The first-order chi connectivity index (χ1) is 9.15. The average Bonchev–Trinajstić information content (AvgIpc) is 2.95. The summed E-state index contributed by atoms with van der Waals surface area (Å²) < 4.78 is 6.00. The summed E-state index contributed by atoms with van der Waals surface area (Å²) in [5, 5.41) is 7.17. The van der Waals surface area contributed by atoms with E-state index < -0.39 is 5.97 Å². The molecule has 1 unspecified atom stereocenters. The van der Waals surface area contributed by atoms with Crippen LogP contribution in [0, 0.1) is 0 Å². The Balaban J connectivity index is 2.31. The zero-order valence-corrected chi connectivity index (χ0v) is 11.0. The monoisotopic (exact) mass is 261 g/mol. The Bertz CT molecular complexity index is 581. The van der Waals surface area contributed by atoms with Gasteiger partial charge in [0.2, 0.25) is 0 Å². The molecule has 2 rings (SSSR count). The molecule has 7 heteroatoms. The van der Waals surface area contributed by atoms with E-state index >= 15 is 0 Å². The van der Waals surface area contributed by atoms with Crippen molar-refractivity contribution in [3.8, 4) is 5.82 Å². The first-order valence-corrected chi connectivity index (χ1v) is 5.79. The van der Waals surface area contributed by atoms with Crippen LogP contribution in [0.5, 0.6) is 0 Å². The van der Waals surface area contributed by atoms with Crippen LogP contribution >= 0.6 is 0 Å². The molecule has 1 N–H and O–H groups in total. The molecule has 2 heterocycles. The maximum Gasteiger partial charge on any atom is 0.377 e. The minimum Gasteiger partial charge on any atom is -0.463 e. The second-order valence-corrected chi connectivity index (χ2v) is 3.96. The van der Waals surface area contributed by atoms with Crippen molar-refractivity contribution in [1.29, 1.82) is 0 Å². The highest BCUT2D eigenvalue weighted by atomic mass is 16.5. The number of pyridine rings is 1. The fourth-order valence-electron chi connectivity index (χ4n) is 1.55. The number of carbonyl (C=O) groups excluding carboxylic acids is 1. The first kappa shape index (κ1) is 13.2. The predicted octanol–water partition coefficient (Wildman–Crippen LogP) is 0.729. The summed E-state index contributed by atoms with van der Waals surface area (Å²) in [7, 11) is 3.17. The third-order valence-electron chi connectivity index (χ3n) is 2.80. The van der Waals surface area contributed by atoms with Crippen molar-refractivity contribution in [1.82, 2.24) is 25.1 Å². The van der Waals surface area contributed by atoms with Gasteiger partial charge in [0.05, 0.1) is 7.11 Å². The molecule has 0 saturated carbocycles. The van der Waals surface area contributed by atoms with Gasteiger partial charge in [-0.15, -0.1) is 5.10 Å². The highest BCUT2D eigenvalue weighted by Gasteiger charge is 2.13. The Kier molecular flexibility index (Phi) is 3.86. The molecule has 2 aromatic heterocycles. The number of ether oxygens (including phenoxy) is 1. The van der Waals surface area contributed by atoms with Crippen molar-refractivity contribution < 1.29 is 9.53 Å². The van der Waals surface area contributed by atoms with E-state index in [-0.39, 0.29) is 11.9 Å². The second kappa shape index (κ2) is 5.57. The van der Waals surface area contributed by atoms with E-state index in [0.717, 1.165) is 5.56 Å². The fourth-order valence-corrected chi connectivity index (χ4v) is 1.55. The van der Waals surface area contributed by atoms with Gasteiger partial charge in [0, 0.05) is 12.2 Å². The van der Waals surface area contributed by atoms with Crippen molar-refractivity contribution in [3.05, 3.63) is 36.0 Å². The van der Waals surface area contributed by atoms with Crippen LogP contribution in [-0.2, 0) is 4.74 Å². The molecule has 0 fully saturated rings. The summed E-state index contributed by atoms with van der Waals surface area (Å²) in [5.41, 5.74) is 1.07. The standard InChI is InChI=1S/C12H15N5O2/c1-8(13-2)9-4-5-14-10(6-9)17-7-15-11(16-17)12(18)19-3/h4-8,13H,1-3H3. The summed E-state index contributed by atoms with van der Waals surface area (Å²) in [6, 6.07) is 4.00. The van der Waals surface area contributed by atoms with Crippen LogP contribution in [0.1, 0.15) is 29.1 Å². The number of hydrogen-bond acceptors (Lipinski definition) is 6. The Hall–Kier alpha value is -2.28. The van der Waals surface area contributed by atoms with E-state index in [0.29, 0.717) is 5.82 Å². The number of nitrogens with zero attached hydrogens (tertiary/aromatic N) is 4. The van der Waals surface area contributed by atoms with Crippen LogP contribution in [-0.4, -0.2) is 39.9 Å². The lowest BCUT2D eigenvalue weighted by molar-refractivity contribution is 0.0587. The van der Waals surface area contributed by atoms with E-state index in [1.165, 1.54) is 18.1 Å². The zero-order valence-electron chi connectivity index (χ0n) is 11.0. The lowest BCUT2D eigenvalue weighted by atomic mass is 10.1. The number of carbonyl (C=O) groups is 1. The van der Waals surface area contributed by atoms with Crippen molar-refractivity contribution in [3.63, 3.8) is 0 Å². The highest BCUT2D eigenvalue weighted by Crippen LogP contribution is 2.13. The van der Waals surface area contributed by atoms with E-state index in [4.69, 9.17) is 0 Å². The summed E-state index contributed by atoms with van der Waals surface area (Å²) in [4.78, 5) is 19.4. The topological polar surface area (TPSA) is 81.9 Å². The number of nitrogens with one attached hydrogen (secondary N) is 1. The van der Waals surface area contributed by atoms with Gasteiger partial charge < -0.3 is 10.1 Å². The summed E-state index contributed by atoms with van der Waals surface area (Å²) in [6.45, 7) is 2.04. The van der Waals surface area contributed by atoms with Crippen molar-refractivity contribution >= 4 is 5.97 Å². The van der Waals surface area contributed by atoms with Gasteiger partial charge in [-0.2, -0.15) is 0 Å². The number of methoxy groups -OCH3 is 1. The lowest BCUT2D eigenvalue weighted by Crippen LogP contribution is -2.13. The van der Waals surface area contributed by atoms with Crippen LogP contribution in [0.15, 0.2) is 24.7 Å². The molecular weight excluding hydrogens is 246 g/mol. The third-order valence-corrected chi connectivity index (χ3v) is 2.80. The summed E-state index contributed by atoms with van der Waals surface area (Å²) >= 11 is 0. The van der Waals surface area contributed by atoms with Crippen LogP contribution < -0.4 is 5.32 Å². The molecule has 0 bridgehead atoms. The fraction of sp³-hybridized carbons (Fsp3) is 0.333. The molecule has 0 radical (unpaired) electrons. The Morgan fingerprint density at radius 1 is 1.47 bits per heavy atom. The van der Waals surface area contributed by atoms with Gasteiger partial charge in [0.1, 0.15) is 6.33 Å². The maximum absolute atomic E-state index is 11.3. The molecule has 1 atom stereocenters. The molecule has 0 aliphatic carbocycles. The van der Waals surface area contributed by atoms with Crippen LogP contribution in [0.3, 0.4) is 0 Å². The number of rotatable bonds is 4. The molecule has 0 spiro atoms. The number of hydrogen-bond donors (Lipinski definition) is 1. The average molecular weight is 261 g/mol. The number of esters is 1. The van der Waals surface area contributed by atoms with Crippen molar-refractivity contribution in [2.24, 2.45) is 0 Å². The van der Waals surface area contributed by atoms with Crippen LogP contribution in [0.4, 0.5) is 0 Å². The minimum absolute atomic E-state index is 0.0105. The van der Waals surface area contributed by atoms with Gasteiger partial charge in [-0.1, -0.05) is 0 Å². The largest absolute Gasteiger partial charge is 0.463 e. The molecule has 0 aliphatic rings. The third kappa shape index (κ3) is 2.76. The van der Waals surface area contributed by atoms with Gasteiger partial charge >= 0.3 is 5.97 Å². The SMILES string of the molecule is CNC(C)c1ccnc(-n2cnc(C(=O)OC)n2)c1. The molecule has 0 aliphatic heterocycles. The molecule has 0 amide bonds. The van der Waals surface area contributed by atoms with E-state index in [2.05, 4.69) is 25.1 Å². The quantitative estimate of drug-likeness (QED) is 0.817. The van der Waals surface area contributed by atoms with Gasteiger partial charge in [0.15, 0.2) is 5.82 Å². The lowest BCUT2D eigenvalue weighted by Gasteiger charge is -2.11. The minimum atomic E-state index is -0.571. The van der Waals surface area contributed by atoms with Gasteiger partial charge in [0.25, 0.3) is 5.82 Å². The van der Waals surface area contributed by atoms with Crippen molar-refractivity contribution in [2.45, 2.75) is 13.0 Å².